The van der Waals surface area contributed by atoms with E-state index in [4.69, 9.17) is 9.52 Å². The molecule has 2 heterocycles. The molecule has 1 saturated carbocycles. The van der Waals surface area contributed by atoms with Crippen LogP contribution in [-0.2, 0) is 6.42 Å². The fourth-order valence-corrected chi connectivity index (χ4v) is 3.77. The Bertz CT molecular complexity index is 518. The first kappa shape index (κ1) is 15.3. The first-order valence-corrected chi connectivity index (χ1v) is 8.53. The molecule has 1 aromatic rings. The van der Waals surface area contributed by atoms with Crippen molar-refractivity contribution in [3.63, 3.8) is 0 Å². The molecule has 1 saturated heterocycles. The molecule has 2 fully saturated rings. The molecule has 1 N–H and O–H groups in total. The van der Waals surface area contributed by atoms with Crippen molar-refractivity contribution < 1.29 is 4.52 Å². The van der Waals surface area contributed by atoms with Crippen molar-refractivity contribution in [1.29, 1.82) is 0 Å². The van der Waals surface area contributed by atoms with Gasteiger partial charge in [0, 0.05) is 26.1 Å². The summed E-state index contributed by atoms with van der Waals surface area (Å²) in [6, 6.07) is 0. The summed E-state index contributed by atoms with van der Waals surface area (Å²) >= 11 is 0. The van der Waals surface area contributed by atoms with Crippen molar-refractivity contribution in [1.82, 2.24) is 20.4 Å². The van der Waals surface area contributed by atoms with Gasteiger partial charge in [0.15, 0.2) is 11.8 Å². The maximum absolute atomic E-state index is 5.14. The molecule has 1 spiro atoms. The molecule has 22 heavy (non-hydrogen) atoms. The van der Waals surface area contributed by atoms with Gasteiger partial charge in [-0.2, -0.15) is 4.98 Å². The average molecular weight is 305 g/mol. The lowest BCUT2D eigenvalue weighted by Crippen LogP contribution is -2.41. The lowest BCUT2D eigenvalue weighted by atomic mass is 9.86. The van der Waals surface area contributed by atoms with Gasteiger partial charge in [-0.1, -0.05) is 18.0 Å². The third kappa shape index (κ3) is 3.42. The molecule has 0 amide bonds. The van der Waals surface area contributed by atoms with Crippen LogP contribution in [-0.4, -0.2) is 47.2 Å². The SMILES string of the molecule is CCNC(=NCCc1nc(C)no1)N1CCC2(CCCC2)C1. The molecule has 1 aliphatic heterocycles. The molecule has 0 unspecified atom stereocenters. The number of nitrogens with zero attached hydrogens (tertiary/aromatic N) is 4. The number of aliphatic imine (C=N–C) groups is 1. The summed E-state index contributed by atoms with van der Waals surface area (Å²) < 4.78 is 5.14. The summed E-state index contributed by atoms with van der Waals surface area (Å²) in [4.78, 5) is 11.4. The Hall–Kier alpha value is -1.59. The van der Waals surface area contributed by atoms with E-state index in [2.05, 4.69) is 27.3 Å². The summed E-state index contributed by atoms with van der Waals surface area (Å²) in [7, 11) is 0. The number of hydrogen-bond acceptors (Lipinski definition) is 4. The monoisotopic (exact) mass is 305 g/mol. The standard InChI is InChI=1S/C16H27N5O/c1-3-17-15(18-10-6-14-19-13(2)20-22-14)21-11-9-16(12-21)7-4-5-8-16/h3-12H2,1-2H3,(H,17,18). The zero-order valence-electron chi connectivity index (χ0n) is 13.8. The maximum atomic E-state index is 5.14. The second-order valence-corrected chi connectivity index (χ2v) is 6.60. The Morgan fingerprint density at radius 2 is 2.18 bits per heavy atom. The van der Waals surface area contributed by atoms with E-state index in [0.29, 0.717) is 30.1 Å². The first-order chi connectivity index (χ1) is 10.7. The highest BCUT2D eigenvalue weighted by Gasteiger charge is 2.41. The van der Waals surface area contributed by atoms with Crippen LogP contribution in [0.25, 0.3) is 0 Å². The van der Waals surface area contributed by atoms with E-state index in [1.54, 1.807) is 0 Å². The van der Waals surface area contributed by atoms with Gasteiger partial charge >= 0.3 is 0 Å². The van der Waals surface area contributed by atoms with Crippen molar-refractivity contribution in [3.05, 3.63) is 11.7 Å². The van der Waals surface area contributed by atoms with Crippen LogP contribution >= 0.6 is 0 Å². The number of guanidine groups is 1. The van der Waals surface area contributed by atoms with Gasteiger partial charge in [-0.25, -0.2) is 0 Å². The lowest BCUT2D eigenvalue weighted by Gasteiger charge is -2.25. The number of aryl methyl sites for hydroxylation is 1. The molecule has 2 aliphatic rings. The fourth-order valence-electron chi connectivity index (χ4n) is 3.77. The van der Waals surface area contributed by atoms with Gasteiger partial charge in [0.1, 0.15) is 0 Å². The summed E-state index contributed by atoms with van der Waals surface area (Å²) in [5.41, 5.74) is 0.569. The summed E-state index contributed by atoms with van der Waals surface area (Å²) in [5.74, 6) is 2.40. The predicted molar refractivity (Wildman–Crippen MR) is 85.8 cm³/mol. The molecule has 1 aromatic heterocycles. The number of likely N-dealkylation sites (tertiary alicyclic amines) is 1. The molecule has 6 nitrogen and oxygen atoms in total. The van der Waals surface area contributed by atoms with Crippen LogP contribution < -0.4 is 5.32 Å². The molecule has 3 rings (SSSR count). The highest BCUT2D eigenvalue weighted by molar-refractivity contribution is 5.80. The Morgan fingerprint density at radius 1 is 1.36 bits per heavy atom. The van der Waals surface area contributed by atoms with Gasteiger partial charge < -0.3 is 14.7 Å². The normalized spacial score (nSPS) is 21.0. The van der Waals surface area contributed by atoms with Crippen LogP contribution in [0, 0.1) is 12.3 Å². The van der Waals surface area contributed by atoms with Crippen LogP contribution in [0.3, 0.4) is 0 Å². The number of hydrogen-bond donors (Lipinski definition) is 1. The topological polar surface area (TPSA) is 66.5 Å². The van der Waals surface area contributed by atoms with Crippen LogP contribution in [0.2, 0.25) is 0 Å². The molecule has 0 atom stereocenters. The Balaban J connectivity index is 1.58. The zero-order chi connectivity index (χ0) is 15.4. The van der Waals surface area contributed by atoms with Crippen molar-refractivity contribution in [2.24, 2.45) is 10.4 Å². The van der Waals surface area contributed by atoms with Crippen LogP contribution in [0.1, 0.15) is 50.7 Å². The zero-order valence-corrected chi connectivity index (χ0v) is 13.8. The van der Waals surface area contributed by atoms with Crippen molar-refractivity contribution in [3.8, 4) is 0 Å². The summed E-state index contributed by atoms with van der Waals surface area (Å²) in [5, 5.41) is 7.25. The summed E-state index contributed by atoms with van der Waals surface area (Å²) in [6.45, 7) is 7.85. The maximum Gasteiger partial charge on any atom is 0.228 e. The minimum Gasteiger partial charge on any atom is -0.357 e. The highest BCUT2D eigenvalue weighted by atomic mass is 16.5. The van der Waals surface area contributed by atoms with E-state index in [9.17, 15) is 0 Å². The fraction of sp³-hybridized carbons (Fsp3) is 0.812. The molecular formula is C16H27N5O. The minimum atomic E-state index is 0.569. The van der Waals surface area contributed by atoms with Crippen LogP contribution in [0.4, 0.5) is 0 Å². The van der Waals surface area contributed by atoms with E-state index in [1.165, 1.54) is 38.6 Å². The quantitative estimate of drug-likeness (QED) is 0.682. The van der Waals surface area contributed by atoms with E-state index in [-0.39, 0.29) is 0 Å². The third-order valence-corrected chi connectivity index (χ3v) is 4.89. The van der Waals surface area contributed by atoms with Gasteiger partial charge in [0.05, 0.1) is 6.54 Å². The van der Waals surface area contributed by atoms with Crippen molar-refractivity contribution >= 4 is 5.96 Å². The van der Waals surface area contributed by atoms with E-state index in [0.717, 1.165) is 19.0 Å². The third-order valence-electron chi connectivity index (χ3n) is 4.89. The van der Waals surface area contributed by atoms with Crippen molar-refractivity contribution in [2.75, 3.05) is 26.2 Å². The molecule has 0 radical (unpaired) electrons. The van der Waals surface area contributed by atoms with E-state index >= 15 is 0 Å². The molecule has 0 bridgehead atoms. The number of rotatable bonds is 4. The predicted octanol–water partition coefficient (Wildman–Crippen LogP) is 2.15. The average Bonchev–Trinajstić information content (AvgIpc) is 3.22. The van der Waals surface area contributed by atoms with Gasteiger partial charge in [-0.15, -0.1) is 0 Å². The Kier molecular flexibility index (Phi) is 4.64. The van der Waals surface area contributed by atoms with Crippen molar-refractivity contribution in [2.45, 2.75) is 52.4 Å². The largest absolute Gasteiger partial charge is 0.357 e. The molecule has 6 heteroatoms. The van der Waals surface area contributed by atoms with E-state index < -0.39 is 0 Å². The molecule has 122 valence electrons. The second-order valence-electron chi connectivity index (χ2n) is 6.60. The van der Waals surface area contributed by atoms with E-state index in [1.807, 2.05) is 6.92 Å². The minimum absolute atomic E-state index is 0.569. The van der Waals surface area contributed by atoms with Crippen LogP contribution in [0.5, 0.6) is 0 Å². The summed E-state index contributed by atoms with van der Waals surface area (Å²) in [6.07, 6.45) is 7.61. The number of aromatic nitrogens is 2. The Labute approximate surface area is 132 Å². The van der Waals surface area contributed by atoms with Gasteiger partial charge in [0.25, 0.3) is 0 Å². The lowest BCUT2D eigenvalue weighted by molar-refractivity contribution is 0.309. The Morgan fingerprint density at radius 3 is 2.86 bits per heavy atom. The number of nitrogens with one attached hydrogen (secondary N) is 1. The molecule has 0 aromatic carbocycles. The highest BCUT2D eigenvalue weighted by Crippen LogP contribution is 2.45. The van der Waals surface area contributed by atoms with Gasteiger partial charge in [-0.05, 0) is 38.5 Å². The van der Waals surface area contributed by atoms with Gasteiger partial charge in [0.2, 0.25) is 5.89 Å². The molecule has 1 aliphatic carbocycles. The second kappa shape index (κ2) is 6.67. The molecular weight excluding hydrogens is 278 g/mol. The smallest absolute Gasteiger partial charge is 0.228 e. The first-order valence-electron chi connectivity index (χ1n) is 8.53. The van der Waals surface area contributed by atoms with Gasteiger partial charge in [-0.3, -0.25) is 4.99 Å². The van der Waals surface area contributed by atoms with Crippen LogP contribution in [0.15, 0.2) is 9.52 Å².